The number of hydrogen-bond acceptors (Lipinski definition) is 4. The molecule has 2 heterocycles. The van der Waals surface area contributed by atoms with Gasteiger partial charge in [0.25, 0.3) is 0 Å². The van der Waals surface area contributed by atoms with Gasteiger partial charge in [0.15, 0.2) is 5.54 Å². The van der Waals surface area contributed by atoms with Crippen LogP contribution in [-0.4, -0.2) is 29.0 Å². The Balaban J connectivity index is 2.13. The van der Waals surface area contributed by atoms with Crippen LogP contribution in [-0.2, 0) is 10.3 Å². The number of pyridine rings is 1. The van der Waals surface area contributed by atoms with Crippen LogP contribution in [0.25, 0.3) is 0 Å². The van der Waals surface area contributed by atoms with Gasteiger partial charge in [-0.25, -0.2) is 13.2 Å². The van der Waals surface area contributed by atoms with Gasteiger partial charge in [-0.15, -0.1) is 0 Å². The normalized spacial score (nSPS) is 22.8. The van der Waals surface area contributed by atoms with Gasteiger partial charge in [-0.05, 0) is 45.0 Å². The molecule has 0 fully saturated rings. The number of ether oxygens (including phenoxy) is 1. The van der Waals surface area contributed by atoms with E-state index >= 15 is 8.78 Å². The fraction of sp³-hybridized carbons (Fsp3) is 0.333. The first-order valence-corrected chi connectivity index (χ1v) is 9.13. The van der Waals surface area contributed by atoms with Crippen molar-refractivity contribution in [2.75, 3.05) is 6.61 Å². The maximum atomic E-state index is 15.4. The van der Waals surface area contributed by atoms with Crippen molar-refractivity contribution >= 4 is 17.4 Å². The summed E-state index contributed by atoms with van der Waals surface area (Å²) in [5.41, 5.74) is 2.09. The van der Waals surface area contributed by atoms with Crippen LogP contribution in [0, 0.1) is 17.7 Å². The molecule has 152 valence electrons. The zero-order valence-corrected chi connectivity index (χ0v) is 16.8. The summed E-state index contributed by atoms with van der Waals surface area (Å²) in [6.07, 6.45) is 2.97. The number of halogens is 4. The third-order valence-electron chi connectivity index (χ3n) is 4.86. The van der Waals surface area contributed by atoms with E-state index in [9.17, 15) is 4.39 Å². The first kappa shape index (κ1) is 21.2. The monoisotopic (exact) mass is 421 g/mol. The predicted molar refractivity (Wildman–Crippen MR) is 106 cm³/mol. The summed E-state index contributed by atoms with van der Waals surface area (Å²) in [7, 11) is 0. The molecule has 1 atom stereocenters. The number of nitrogens with zero attached hydrogens (tertiary/aromatic N) is 2. The summed E-state index contributed by atoms with van der Waals surface area (Å²) in [6.45, 7) is 3.33. The average molecular weight is 422 g/mol. The van der Waals surface area contributed by atoms with E-state index in [1.807, 2.05) is 0 Å². The zero-order chi connectivity index (χ0) is 21.4. The van der Waals surface area contributed by atoms with E-state index in [0.717, 1.165) is 13.0 Å². The van der Waals surface area contributed by atoms with Crippen LogP contribution in [0.3, 0.4) is 0 Å². The lowest BCUT2D eigenvalue weighted by Gasteiger charge is -2.41. The van der Waals surface area contributed by atoms with Gasteiger partial charge >= 0.3 is 5.92 Å². The second-order valence-electron chi connectivity index (χ2n) is 7.39. The number of rotatable bonds is 1. The van der Waals surface area contributed by atoms with Gasteiger partial charge in [0.2, 0.25) is 0 Å². The van der Waals surface area contributed by atoms with Crippen LogP contribution in [0.5, 0.6) is 0 Å². The molecule has 0 amide bonds. The lowest BCUT2D eigenvalue weighted by Crippen LogP contribution is -2.56. The molecule has 1 aliphatic heterocycles. The smallest absolute Gasteiger partial charge is 0.304 e. The zero-order valence-electron chi connectivity index (χ0n) is 16.1. The van der Waals surface area contributed by atoms with E-state index in [1.54, 1.807) is 6.07 Å². The molecule has 0 radical (unpaired) electrons. The van der Waals surface area contributed by atoms with Crippen LogP contribution < -0.4 is 5.73 Å². The highest BCUT2D eigenvalue weighted by molar-refractivity contribution is 6.30. The van der Waals surface area contributed by atoms with Crippen molar-refractivity contribution in [2.24, 2.45) is 10.7 Å². The summed E-state index contributed by atoms with van der Waals surface area (Å²) in [6, 6.07) is 5.35. The van der Waals surface area contributed by atoms with Gasteiger partial charge < -0.3 is 10.5 Å². The summed E-state index contributed by atoms with van der Waals surface area (Å²) in [5.74, 6) is 1.10. The average Bonchev–Trinajstić information content (AvgIpc) is 2.70. The first-order chi connectivity index (χ1) is 13.5. The van der Waals surface area contributed by atoms with Gasteiger partial charge in [-0.3, -0.25) is 9.98 Å². The van der Waals surface area contributed by atoms with Crippen molar-refractivity contribution in [1.29, 1.82) is 0 Å². The molecule has 2 aromatic rings. The predicted octanol–water partition coefficient (Wildman–Crippen LogP) is 4.29. The number of alkyl halides is 2. The molecule has 2 N–H and O–H groups in total. The van der Waals surface area contributed by atoms with Crippen molar-refractivity contribution in [3.63, 3.8) is 0 Å². The maximum Gasteiger partial charge on any atom is 0.304 e. The molecule has 1 aromatic carbocycles. The molecule has 8 heteroatoms. The maximum absolute atomic E-state index is 15.4. The van der Waals surface area contributed by atoms with Crippen LogP contribution in [0.15, 0.2) is 41.7 Å². The molecule has 29 heavy (non-hydrogen) atoms. The fourth-order valence-corrected chi connectivity index (χ4v) is 3.32. The lowest BCUT2D eigenvalue weighted by atomic mass is 9.77. The first-order valence-electron chi connectivity index (χ1n) is 8.75. The van der Waals surface area contributed by atoms with Crippen molar-refractivity contribution in [3.05, 3.63) is 64.2 Å². The third-order valence-corrected chi connectivity index (χ3v) is 5.07. The SMILES string of the molecule is CC1(C)OCC(N)=N[C@](C)(c2cc(C#Cc3cncc(Cl)c3)ccc2F)C1(F)F. The highest BCUT2D eigenvalue weighted by atomic mass is 35.5. The highest BCUT2D eigenvalue weighted by Gasteiger charge is 2.63. The topological polar surface area (TPSA) is 60.5 Å². The van der Waals surface area contributed by atoms with Crippen LogP contribution in [0.2, 0.25) is 5.02 Å². The molecule has 0 aliphatic carbocycles. The second-order valence-corrected chi connectivity index (χ2v) is 7.82. The minimum Gasteiger partial charge on any atom is -0.385 e. The molecule has 1 aromatic heterocycles. The Kier molecular flexibility index (Phi) is 5.37. The molecule has 0 saturated heterocycles. The number of benzene rings is 1. The summed E-state index contributed by atoms with van der Waals surface area (Å²) in [5, 5.41) is 0.411. The number of aliphatic imine (C=N–C) groups is 1. The van der Waals surface area contributed by atoms with Gasteiger partial charge in [0.1, 0.15) is 23.9 Å². The molecule has 0 spiro atoms. The number of nitrogens with two attached hydrogens (primary N) is 1. The quantitative estimate of drug-likeness (QED) is 0.699. The fourth-order valence-electron chi connectivity index (χ4n) is 3.15. The van der Waals surface area contributed by atoms with Crippen LogP contribution in [0.4, 0.5) is 13.2 Å². The molecular weight excluding hydrogens is 403 g/mol. The van der Waals surface area contributed by atoms with Crippen LogP contribution >= 0.6 is 11.6 Å². The van der Waals surface area contributed by atoms with Gasteiger partial charge in [-0.2, -0.15) is 0 Å². The number of hydrogen-bond donors (Lipinski definition) is 1. The van der Waals surface area contributed by atoms with E-state index in [0.29, 0.717) is 16.1 Å². The van der Waals surface area contributed by atoms with E-state index in [-0.39, 0.29) is 18.0 Å². The Hall–Kier alpha value is -2.56. The minimum atomic E-state index is -3.56. The summed E-state index contributed by atoms with van der Waals surface area (Å²) < 4.78 is 50.8. The highest BCUT2D eigenvalue weighted by Crippen LogP contribution is 2.50. The van der Waals surface area contributed by atoms with Crippen LogP contribution in [0.1, 0.15) is 37.5 Å². The van der Waals surface area contributed by atoms with Crippen molar-refractivity contribution < 1.29 is 17.9 Å². The molecule has 0 bridgehead atoms. The lowest BCUT2D eigenvalue weighted by molar-refractivity contribution is -0.214. The summed E-state index contributed by atoms with van der Waals surface area (Å²) in [4.78, 5) is 7.89. The van der Waals surface area contributed by atoms with E-state index in [4.69, 9.17) is 22.1 Å². The Bertz CT molecular complexity index is 1040. The van der Waals surface area contributed by atoms with Crippen molar-refractivity contribution in [3.8, 4) is 11.8 Å². The third kappa shape index (κ3) is 3.83. The molecule has 0 saturated carbocycles. The Morgan fingerprint density at radius 3 is 2.48 bits per heavy atom. The standard InChI is InChI=1S/C21H19ClF3N3O/c1-19(2)21(24,25)20(3,28-18(26)12-29-19)16-9-13(6-7-17(16)23)4-5-14-8-15(22)11-27-10-14/h6-11H,12H2,1-3H3,(H2,26,28)/t20-/m1/s1. The van der Waals surface area contributed by atoms with Crippen molar-refractivity contribution in [1.82, 2.24) is 4.98 Å². The Morgan fingerprint density at radius 1 is 1.10 bits per heavy atom. The number of amidine groups is 1. The Morgan fingerprint density at radius 2 is 1.79 bits per heavy atom. The van der Waals surface area contributed by atoms with Crippen molar-refractivity contribution in [2.45, 2.75) is 37.8 Å². The molecule has 1 aliphatic rings. The van der Waals surface area contributed by atoms with E-state index in [1.165, 1.54) is 38.4 Å². The largest absolute Gasteiger partial charge is 0.385 e. The van der Waals surface area contributed by atoms with Gasteiger partial charge in [0.05, 0.1) is 5.02 Å². The molecule has 3 rings (SSSR count). The van der Waals surface area contributed by atoms with E-state index < -0.39 is 22.9 Å². The van der Waals surface area contributed by atoms with E-state index in [2.05, 4.69) is 21.8 Å². The van der Waals surface area contributed by atoms with Gasteiger partial charge in [-0.1, -0.05) is 23.4 Å². The summed E-state index contributed by atoms with van der Waals surface area (Å²) >= 11 is 5.88. The number of aromatic nitrogens is 1. The second kappa shape index (κ2) is 7.36. The van der Waals surface area contributed by atoms with Gasteiger partial charge in [0, 0.05) is 29.1 Å². The molecular formula is C21H19ClF3N3O. The molecule has 4 nitrogen and oxygen atoms in total. The minimum absolute atomic E-state index is 0.140. The molecule has 0 unspecified atom stereocenters. The Labute approximate surface area is 171 Å².